The molecule has 2 heterocycles. The summed E-state index contributed by atoms with van der Waals surface area (Å²) in [7, 11) is 0. The second kappa shape index (κ2) is 4.89. The standard InChI is InChI=1S/C17H13NO2S2/c1-11-6-2-4-8-13(11)18-15(19)10-21-17(18)12-7-3-5-9-14(12)22-16(17)20/h2-9H,10H2,1H3. The van der Waals surface area contributed by atoms with Gasteiger partial charge in [0.15, 0.2) is 4.87 Å². The van der Waals surface area contributed by atoms with E-state index in [1.165, 1.54) is 23.5 Å². The minimum atomic E-state index is -0.912. The van der Waals surface area contributed by atoms with Gasteiger partial charge >= 0.3 is 0 Å². The van der Waals surface area contributed by atoms with Crippen molar-refractivity contribution >= 4 is 40.2 Å². The molecular formula is C17H13NO2S2. The molecule has 4 rings (SSSR count). The second-order valence-electron chi connectivity index (χ2n) is 5.33. The Bertz CT molecular complexity index is 805. The number of fused-ring (bicyclic) bond motifs is 2. The molecule has 1 spiro atoms. The highest BCUT2D eigenvalue weighted by Crippen LogP contribution is 2.57. The lowest BCUT2D eigenvalue weighted by Gasteiger charge is -2.33. The lowest BCUT2D eigenvalue weighted by molar-refractivity contribution is -0.119. The lowest BCUT2D eigenvalue weighted by atomic mass is 10.0. The van der Waals surface area contributed by atoms with E-state index in [0.29, 0.717) is 5.75 Å². The number of carbonyl (C=O) groups is 2. The van der Waals surface area contributed by atoms with E-state index < -0.39 is 4.87 Å². The number of thioether (sulfide) groups is 2. The first-order chi connectivity index (χ1) is 10.6. The third-order valence-electron chi connectivity index (χ3n) is 4.06. The van der Waals surface area contributed by atoms with Crippen LogP contribution in [0.3, 0.4) is 0 Å². The molecule has 22 heavy (non-hydrogen) atoms. The molecule has 0 aromatic heterocycles. The fourth-order valence-electron chi connectivity index (χ4n) is 3.05. The average molecular weight is 327 g/mol. The minimum absolute atomic E-state index is 0.00930. The lowest BCUT2D eigenvalue weighted by Crippen LogP contribution is -2.45. The highest BCUT2D eigenvalue weighted by Gasteiger charge is 2.58. The molecule has 5 heteroatoms. The number of carbonyl (C=O) groups excluding carboxylic acids is 2. The van der Waals surface area contributed by atoms with Gasteiger partial charge in [-0.1, -0.05) is 36.4 Å². The molecule has 0 bridgehead atoms. The Balaban J connectivity index is 1.96. The number of aryl methyl sites for hydroxylation is 1. The molecule has 1 atom stereocenters. The Kier molecular flexibility index (Phi) is 3.09. The fraction of sp³-hybridized carbons (Fsp3) is 0.176. The van der Waals surface area contributed by atoms with Crippen LogP contribution in [0.25, 0.3) is 0 Å². The molecule has 0 N–H and O–H groups in total. The van der Waals surface area contributed by atoms with Crippen LogP contribution in [0.4, 0.5) is 5.69 Å². The van der Waals surface area contributed by atoms with Gasteiger partial charge in [-0.2, -0.15) is 0 Å². The molecule has 1 amide bonds. The van der Waals surface area contributed by atoms with E-state index in [9.17, 15) is 9.59 Å². The van der Waals surface area contributed by atoms with Crippen molar-refractivity contribution in [3.63, 3.8) is 0 Å². The predicted molar refractivity (Wildman–Crippen MR) is 90.1 cm³/mol. The Morgan fingerprint density at radius 3 is 2.59 bits per heavy atom. The molecule has 0 saturated carbocycles. The van der Waals surface area contributed by atoms with Gasteiger partial charge in [0, 0.05) is 16.1 Å². The normalized spacial score (nSPS) is 23.4. The number of benzene rings is 2. The van der Waals surface area contributed by atoms with Gasteiger partial charge in [-0.3, -0.25) is 14.5 Å². The van der Waals surface area contributed by atoms with Crippen LogP contribution in [0, 0.1) is 6.92 Å². The molecule has 110 valence electrons. The van der Waals surface area contributed by atoms with Crippen molar-refractivity contribution in [3.8, 4) is 0 Å². The molecule has 2 aliphatic rings. The quantitative estimate of drug-likeness (QED) is 0.802. The number of amides is 1. The topological polar surface area (TPSA) is 37.4 Å². The van der Waals surface area contributed by atoms with E-state index in [1.807, 2.05) is 55.5 Å². The summed E-state index contributed by atoms with van der Waals surface area (Å²) >= 11 is 2.67. The summed E-state index contributed by atoms with van der Waals surface area (Å²) in [6.07, 6.45) is 0. The van der Waals surface area contributed by atoms with E-state index in [0.717, 1.165) is 21.7 Å². The van der Waals surface area contributed by atoms with Crippen LogP contribution in [0.2, 0.25) is 0 Å². The van der Waals surface area contributed by atoms with Gasteiger partial charge in [0.05, 0.1) is 5.75 Å². The number of anilines is 1. The maximum absolute atomic E-state index is 12.8. The van der Waals surface area contributed by atoms with Crippen molar-refractivity contribution in [2.75, 3.05) is 10.7 Å². The maximum atomic E-state index is 12.8. The molecule has 2 aliphatic heterocycles. The van der Waals surface area contributed by atoms with Crippen LogP contribution >= 0.6 is 23.5 Å². The summed E-state index contributed by atoms with van der Waals surface area (Å²) in [6.45, 7) is 1.97. The zero-order valence-electron chi connectivity index (χ0n) is 11.9. The van der Waals surface area contributed by atoms with Crippen molar-refractivity contribution in [2.24, 2.45) is 0 Å². The van der Waals surface area contributed by atoms with Crippen molar-refractivity contribution in [3.05, 3.63) is 59.7 Å². The maximum Gasteiger partial charge on any atom is 0.238 e. The highest BCUT2D eigenvalue weighted by molar-refractivity contribution is 8.17. The summed E-state index contributed by atoms with van der Waals surface area (Å²) in [5, 5.41) is 0.0211. The van der Waals surface area contributed by atoms with Gasteiger partial charge in [0.25, 0.3) is 0 Å². The van der Waals surface area contributed by atoms with Crippen LogP contribution < -0.4 is 4.90 Å². The zero-order valence-corrected chi connectivity index (χ0v) is 13.5. The van der Waals surface area contributed by atoms with Crippen molar-refractivity contribution in [2.45, 2.75) is 16.7 Å². The van der Waals surface area contributed by atoms with E-state index >= 15 is 0 Å². The molecule has 0 radical (unpaired) electrons. The van der Waals surface area contributed by atoms with Gasteiger partial charge in [-0.15, -0.1) is 11.8 Å². The second-order valence-corrected chi connectivity index (χ2v) is 7.52. The molecule has 0 aliphatic carbocycles. The first-order valence-electron chi connectivity index (χ1n) is 6.99. The van der Waals surface area contributed by atoms with Gasteiger partial charge in [-0.05, 0) is 36.4 Å². The van der Waals surface area contributed by atoms with Gasteiger partial charge in [0.1, 0.15) is 0 Å². The number of hydrogen-bond acceptors (Lipinski definition) is 4. The summed E-state index contributed by atoms with van der Waals surface area (Å²) < 4.78 is 0. The fourth-order valence-corrected chi connectivity index (χ4v) is 5.67. The number of nitrogens with zero attached hydrogens (tertiary/aromatic N) is 1. The molecule has 1 fully saturated rings. The Labute approximate surface area is 137 Å². The SMILES string of the molecule is Cc1ccccc1N1C(=O)CSC12C(=O)Sc1ccccc12. The Morgan fingerprint density at radius 1 is 1.05 bits per heavy atom. The summed E-state index contributed by atoms with van der Waals surface area (Å²) in [6, 6.07) is 15.5. The van der Waals surface area contributed by atoms with Gasteiger partial charge in [0.2, 0.25) is 11.0 Å². The molecule has 2 aromatic rings. The summed E-state index contributed by atoms with van der Waals surface area (Å²) in [5.74, 6) is 0.319. The minimum Gasteiger partial charge on any atom is -0.284 e. The first kappa shape index (κ1) is 13.9. The monoisotopic (exact) mass is 327 g/mol. The van der Waals surface area contributed by atoms with Crippen molar-refractivity contribution in [1.29, 1.82) is 0 Å². The van der Waals surface area contributed by atoms with Crippen LogP contribution in [-0.4, -0.2) is 16.8 Å². The molecule has 1 unspecified atom stereocenters. The molecule has 3 nitrogen and oxygen atoms in total. The number of hydrogen-bond donors (Lipinski definition) is 0. The number of para-hydroxylation sites is 1. The summed E-state index contributed by atoms with van der Waals surface area (Å²) in [4.78, 5) is 27.2. The van der Waals surface area contributed by atoms with Crippen molar-refractivity contribution in [1.82, 2.24) is 0 Å². The van der Waals surface area contributed by atoms with E-state index in [-0.39, 0.29) is 11.0 Å². The first-order valence-corrected chi connectivity index (χ1v) is 8.79. The van der Waals surface area contributed by atoms with Crippen molar-refractivity contribution < 1.29 is 9.59 Å². The average Bonchev–Trinajstić information content (AvgIpc) is 3.00. The van der Waals surface area contributed by atoms with Crippen LogP contribution in [0.5, 0.6) is 0 Å². The zero-order chi connectivity index (χ0) is 15.3. The Morgan fingerprint density at radius 2 is 1.77 bits per heavy atom. The number of rotatable bonds is 1. The highest BCUT2D eigenvalue weighted by atomic mass is 32.2. The van der Waals surface area contributed by atoms with E-state index in [2.05, 4.69) is 0 Å². The van der Waals surface area contributed by atoms with E-state index in [1.54, 1.807) is 4.90 Å². The molecule has 1 saturated heterocycles. The molecular weight excluding hydrogens is 314 g/mol. The van der Waals surface area contributed by atoms with Crippen LogP contribution in [0.1, 0.15) is 11.1 Å². The third kappa shape index (κ3) is 1.72. The largest absolute Gasteiger partial charge is 0.284 e. The predicted octanol–water partition coefficient (Wildman–Crippen LogP) is 3.56. The van der Waals surface area contributed by atoms with Crippen LogP contribution in [-0.2, 0) is 14.5 Å². The van der Waals surface area contributed by atoms with E-state index in [4.69, 9.17) is 0 Å². The van der Waals surface area contributed by atoms with Gasteiger partial charge in [-0.25, -0.2) is 0 Å². The third-order valence-corrected chi connectivity index (χ3v) is 6.64. The smallest absolute Gasteiger partial charge is 0.238 e. The summed E-state index contributed by atoms with van der Waals surface area (Å²) in [5.41, 5.74) is 2.76. The van der Waals surface area contributed by atoms with Gasteiger partial charge < -0.3 is 0 Å². The molecule has 2 aromatic carbocycles. The Hall–Kier alpha value is -1.72. The van der Waals surface area contributed by atoms with Crippen LogP contribution in [0.15, 0.2) is 53.4 Å².